The third kappa shape index (κ3) is 52.4. The van der Waals surface area contributed by atoms with Crippen LogP contribution in [-0.2, 0) is 28.6 Å². The molecule has 6 heteroatoms. The van der Waals surface area contributed by atoms with Crippen LogP contribution in [0.15, 0.2) is 134 Å². The SMILES string of the molecule is CC/C=C\C/C=C\C/C=C\C/C=C\C/C=C\CCCC(=O)OC[C@H](COC(=O)CCCCCCC/C=C\C/C=C\CCCCC)OC(=O)CCCCCC/C=C\C/C=C\C/C=C\C/C=C\CC. The van der Waals surface area contributed by atoms with Crippen LogP contribution in [0.25, 0.3) is 0 Å². The van der Waals surface area contributed by atoms with Gasteiger partial charge in [-0.2, -0.15) is 0 Å². The predicted molar refractivity (Wildman–Crippen MR) is 288 cm³/mol. The first-order valence-corrected chi connectivity index (χ1v) is 26.7. The van der Waals surface area contributed by atoms with Gasteiger partial charge in [0, 0.05) is 19.3 Å². The molecule has 0 aromatic rings. The maximum atomic E-state index is 12.8. The second kappa shape index (κ2) is 54.2. The van der Waals surface area contributed by atoms with E-state index in [9.17, 15) is 14.4 Å². The van der Waals surface area contributed by atoms with E-state index in [2.05, 4.69) is 154 Å². The maximum Gasteiger partial charge on any atom is 0.306 e. The van der Waals surface area contributed by atoms with Crippen molar-refractivity contribution in [2.24, 2.45) is 0 Å². The van der Waals surface area contributed by atoms with Gasteiger partial charge in [0.25, 0.3) is 0 Å². The zero-order valence-electron chi connectivity index (χ0n) is 42.9. The molecule has 376 valence electrons. The van der Waals surface area contributed by atoms with E-state index in [-0.39, 0.29) is 44.0 Å². The molecule has 0 spiro atoms. The Labute approximate surface area is 411 Å². The monoisotopic (exact) mass is 925 g/mol. The van der Waals surface area contributed by atoms with Gasteiger partial charge in [-0.05, 0) is 128 Å². The Kier molecular flexibility index (Phi) is 50.6. The molecule has 0 rings (SSSR count). The minimum Gasteiger partial charge on any atom is -0.462 e. The zero-order chi connectivity index (χ0) is 48.6. The van der Waals surface area contributed by atoms with Gasteiger partial charge in [0.1, 0.15) is 13.2 Å². The van der Waals surface area contributed by atoms with Gasteiger partial charge in [-0.25, -0.2) is 0 Å². The molecule has 0 heterocycles. The summed E-state index contributed by atoms with van der Waals surface area (Å²) in [6, 6.07) is 0. The predicted octanol–water partition coefficient (Wildman–Crippen LogP) is 17.9. The van der Waals surface area contributed by atoms with Crippen LogP contribution in [0.3, 0.4) is 0 Å². The number of unbranched alkanes of at least 4 members (excludes halogenated alkanes) is 13. The van der Waals surface area contributed by atoms with Gasteiger partial charge in [0.2, 0.25) is 0 Å². The summed E-state index contributed by atoms with van der Waals surface area (Å²) in [6.45, 7) is 6.28. The molecule has 0 aliphatic heterocycles. The number of carbonyl (C=O) groups excluding carboxylic acids is 3. The van der Waals surface area contributed by atoms with Crippen LogP contribution >= 0.6 is 0 Å². The van der Waals surface area contributed by atoms with E-state index >= 15 is 0 Å². The number of hydrogen-bond acceptors (Lipinski definition) is 6. The first kappa shape index (κ1) is 62.5. The van der Waals surface area contributed by atoms with Crippen LogP contribution in [0.2, 0.25) is 0 Å². The fourth-order valence-electron chi connectivity index (χ4n) is 6.67. The molecule has 0 fully saturated rings. The Hall–Kier alpha value is -4.45. The third-order valence-corrected chi connectivity index (χ3v) is 10.6. The van der Waals surface area contributed by atoms with Crippen molar-refractivity contribution in [3.63, 3.8) is 0 Å². The fourth-order valence-corrected chi connectivity index (χ4v) is 6.67. The topological polar surface area (TPSA) is 78.9 Å². The first-order chi connectivity index (χ1) is 33.0. The molecule has 0 aliphatic rings. The summed E-state index contributed by atoms with van der Waals surface area (Å²) in [5.41, 5.74) is 0. The van der Waals surface area contributed by atoms with Gasteiger partial charge < -0.3 is 14.2 Å². The molecule has 67 heavy (non-hydrogen) atoms. The third-order valence-electron chi connectivity index (χ3n) is 10.6. The molecule has 0 bridgehead atoms. The molecule has 0 amide bonds. The van der Waals surface area contributed by atoms with E-state index in [1.807, 2.05) is 0 Å². The van der Waals surface area contributed by atoms with Crippen LogP contribution in [0, 0.1) is 0 Å². The Morgan fingerprint density at radius 3 is 0.970 bits per heavy atom. The van der Waals surface area contributed by atoms with E-state index in [4.69, 9.17) is 14.2 Å². The molecule has 0 N–H and O–H groups in total. The summed E-state index contributed by atoms with van der Waals surface area (Å²) in [5, 5.41) is 0. The van der Waals surface area contributed by atoms with E-state index in [1.54, 1.807) is 0 Å². The lowest BCUT2D eigenvalue weighted by Crippen LogP contribution is -2.30. The molecule has 0 aliphatic carbocycles. The average Bonchev–Trinajstić information content (AvgIpc) is 3.33. The molecule has 0 radical (unpaired) electrons. The molecule has 0 unspecified atom stereocenters. The highest BCUT2D eigenvalue weighted by atomic mass is 16.6. The summed E-state index contributed by atoms with van der Waals surface area (Å²) in [7, 11) is 0. The Morgan fingerprint density at radius 1 is 0.313 bits per heavy atom. The largest absolute Gasteiger partial charge is 0.462 e. The normalized spacial score (nSPS) is 13.2. The van der Waals surface area contributed by atoms with Crippen LogP contribution in [0.5, 0.6) is 0 Å². The van der Waals surface area contributed by atoms with Crippen molar-refractivity contribution in [3.8, 4) is 0 Å². The highest BCUT2D eigenvalue weighted by molar-refractivity contribution is 5.71. The number of esters is 3. The number of hydrogen-bond donors (Lipinski definition) is 0. The standard InChI is InChI=1S/C61H96O6/c1-4-7-10-13-16-19-22-25-28-30-33-36-39-42-45-48-51-54-60(63)66-57-58(56-65-59(62)53-50-47-44-41-38-35-32-27-24-21-18-15-12-9-6-3)67-61(64)55-52-49-46-43-40-37-34-31-29-26-23-20-17-14-11-8-5-2/h7-8,10-11,16-21,25-29,32-34,36-37,42,45,58H,4-6,9,12-15,22-24,30-31,35,38-41,43-44,46-57H2,1-3H3/b10-7-,11-8-,19-16-,20-17-,21-18-,28-25-,29-26-,32-27-,36-33-,37-34-,45-42-/t58-/m0/s1. The molecule has 6 nitrogen and oxygen atoms in total. The first-order valence-electron chi connectivity index (χ1n) is 26.7. The van der Waals surface area contributed by atoms with Crippen LogP contribution in [0.4, 0.5) is 0 Å². The van der Waals surface area contributed by atoms with E-state index in [1.165, 1.54) is 25.7 Å². The zero-order valence-corrected chi connectivity index (χ0v) is 42.9. The van der Waals surface area contributed by atoms with Crippen molar-refractivity contribution in [2.45, 2.75) is 219 Å². The average molecular weight is 925 g/mol. The fraction of sp³-hybridized carbons (Fsp3) is 0.590. The van der Waals surface area contributed by atoms with Gasteiger partial charge in [0.15, 0.2) is 6.10 Å². The summed E-state index contributed by atoms with van der Waals surface area (Å²) >= 11 is 0. The smallest absolute Gasteiger partial charge is 0.306 e. The Balaban J connectivity index is 4.58. The molecular formula is C61H96O6. The number of ether oxygens (including phenoxy) is 3. The molecule has 0 aromatic heterocycles. The van der Waals surface area contributed by atoms with Crippen molar-refractivity contribution in [2.75, 3.05) is 13.2 Å². The number of carbonyl (C=O) groups is 3. The lowest BCUT2D eigenvalue weighted by molar-refractivity contribution is -0.167. The van der Waals surface area contributed by atoms with Gasteiger partial charge in [-0.15, -0.1) is 0 Å². The Bertz CT molecular complexity index is 1480. The summed E-state index contributed by atoms with van der Waals surface area (Å²) in [4.78, 5) is 38.1. The van der Waals surface area contributed by atoms with E-state index in [0.29, 0.717) is 12.8 Å². The molecule has 0 aromatic carbocycles. The highest BCUT2D eigenvalue weighted by Gasteiger charge is 2.19. The minimum atomic E-state index is -0.825. The highest BCUT2D eigenvalue weighted by Crippen LogP contribution is 2.12. The van der Waals surface area contributed by atoms with Crippen molar-refractivity contribution in [3.05, 3.63) is 134 Å². The molecule has 0 saturated heterocycles. The quantitative estimate of drug-likeness (QED) is 0.0262. The van der Waals surface area contributed by atoms with Crippen molar-refractivity contribution >= 4 is 17.9 Å². The summed E-state index contributed by atoms with van der Waals surface area (Å²) < 4.78 is 16.7. The second-order valence-electron chi connectivity index (χ2n) is 17.0. The van der Waals surface area contributed by atoms with Crippen LogP contribution < -0.4 is 0 Å². The van der Waals surface area contributed by atoms with Crippen molar-refractivity contribution < 1.29 is 28.6 Å². The lowest BCUT2D eigenvalue weighted by atomic mass is 10.1. The second-order valence-corrected chi connectivity index (χ2v) is 17.0. The van der Waals surface area contributed by atoms with Crippen molar-refractivity contribution in [1.29, 1.82) is 0 Å². The van der Waals surface area contributed by atoms with E-state index in [0.717, 1.165) is 141 Å². The minimum absolute atomic E-state index is 0.118. The maximum absolute atomic E-state index is 12.8. The molecule has 1 atom stereocenters. The van der Waals surface area contributed by atoms with Gasteiger partial charge in [0.05, 0.1) is 0 Å². The van der Waals surface area contributed by atoms with Crippen molar-refractivity contribution in [1.82, 2.24) is 0 Å². The van der Waals surface area contributed by atoms with Gasteiger partial charge in [-0.3, -0.25) is 14.4 Å². The summed E-state index contributed by atoms with van der Waals surface area (Å²) in [5.74, 6) is -1.02. The molecular weight excluding hydrogens is 829 g/mol. The number of allylic oxidation sites excluding steroid dienone is 22. The van der Waals surface area contributed by atoms with Gasteiger partial charge >= 0.3 is 17.9 Å². The molecule has 0 saturated carbocycles. The summed E-state index contributed by atoms with van der Waals surface area (Å²) in [6.07, 6.45) is 75.8. The Morgan fingerprint density at radius 2 is 0.597 bits per heavy atom. The number of rotatable bonds is 46. The lowest BCUT2D eigenvalue weighted by Gasteiger charge is -2.18. The van der Waals surface area contributed by atoms with Gasteiger partial charge in [-0.1, -0.05) is 199 Å². The van der Waals surface area contributed by atoms with Crippen LogP contribution in [-0.4, -0.2) is 37.2 Å². The van der Waals surface area contributed by atoms with Crippen LogP contribution in [0.1, 0.15) is 213 Å². The van der Waals surface area contributed by atoms with E-state index < -0.39 is 6.10 Å².